The molecular formula is C22H28Cl3N3OS. The first-order chi connectivity index (χ1) is 14.4. The van der Waals surface area contributed by atoms with E-state index in [0.717, 1.165) is 18.4 Å². The molecule has 8 heteroatoms. The summed E-state index contributed by atoms with van der Waals surface area (Å²) >= 11 is 24.6. The van der Waals surface area contributed by atoms with E-state index in [1.54, 1.807) is 11.0 Å². The number of halogens is 3. The van der Waals surface area contributed by atoms with Gasteiger partial charge >= 0.3 is 0 Å². The molecule has 1 saturated carbocycles. The van der Waals surface area contributed by atoms with Gasteiger partial charge in [0.2, 0.25) is 9.70 Å². The lowest BCUT2D eigenvalue weighted by atomic mass is 9.97. The molecule has 1 heterocycles. The van der Waals surface area contributed by atoms with E-state index in [-0.39, 0.29) is 5.91 Å². The van der Waals surface area contributed by atoms with Crippen LogP contribution < -0.4 is 5.32 Å². The zero-order valence-electron chi connectivity index (χ0n) is 16.9. The number of nitrogens with one attached hydrogen (secondary N) is 1. The van der Waals surface area contributed by atoms with Crippen LogP contribution in [-0.4, -0.2) is 49.9 Å². The summed E-state index contributed by atoms with van der Waals surface area (Å²) in [7, 11) is 0. The quantitative estimate of drug-likeness (QED) is 0.345. The van der Waals surface area contributed by atoms with E-state index in [0.29, 0.717) is 24.2 Å². The molecule has 1 atom stereocenters. The van der Waals surface area contributed by atoms with Gasteiger partial charge < -0.3 is 15.1 Å². The number of hydrogen-bond donors (Lipinski definition) is 1. The van der Waals surface area contributed by atoms with Crippen LogP contribution in [0.2, 0.25) is 0 Å². The number of hydrogen-bond acceptors (Lipinski definition) is 2. The van der Waals surface area contributed by atoms with Gasteiger partial charge in [-0.25, -0.2) is 0 Å². The molecule has 1 aliphatic carbocycles. The smallest absolute Gasteiger partial charge is 0.248 e. The average molecular weight is 489 g/mol. The van der Waals surface area contributed by atoms with Crippen molar-refractivity contribution in [3.05, 3.63) is 42.0 Å². The highest BCUT2D eigenvalue weighted by Gasteiger charge is 2.48. The number of thiocarbonyl (C=S) groups is 1. The molecule has 3 rings (SSSR count). The van der Waals surface area contributed by atoms with Crippen LogP contribution in [0.3, 0.4) is 0 Å². The summed E-state index contributed by atoms with van der Waals surface area (Å²) in [5, 5.41) is 4.03. The van der Waals surface area contributed by atoms with Crippen LogP contribution in [0.1, 0.15) is 50.5 Å². The fourth-order valence-corrected chi connectivity index (χ4v) is 5.18. The van der Waals surface area contributed by atoms with Crippen LogP contribution in [0.5, 0.6) is 0 Å². The topological polar surface area (TPSA) is 35.6 Å². The number of carbonyl (C=O) groups excluding carboxylic acids is 1. The second-order valence-electron chi connectivity index (χ2n) is 7.88. The minimum atomic E-state index is -1.68. The van der Waals surface area contributed by atoms with Gasteiger partial charge in [0.25, 0.3) is 0 Å². The van der Waals surface area contributed by atoms with Crippen LogP contribution >= 0.6 is 47.0 Å². The van der Waals surface area contributed by atoms with Crippen LogP contribution in [0, 0.1) is 0 Å². The Morgan fingerprint density at radius 1 is 1.00 bits per heavy atom. The Labute approximate surface area is 199 Å². The molecule has 0 bridgehead atoms. The fourth-order valence-electron chi connectivity index (χ4n) is 4.11. The lowest BCUT2D eigenvalue weighted by Gasteiger charge is -2.37. The van der Waals surface area contributed by atoms with Gasteiger partial charge in [0, 0.05) is 25.2 Å². The summed E-state index contributed by atoms with van der Waals surface area (Å²) in [4.78, 5) is 16.3. The van der Waals surface area contributed by atoms with Crippen molar-refractivity contribution < 1.29 is 4.79 Å². The highest BCUT2D eigenvalue weighted by molar-refractivity contribution is 7.80. The molecule has 0 spiro atoms. The Morgan fingerprint density at radius 2 is 1.60 bits per heavy atom. The Bertz CT molecular complexity index is 746. The largest absolute Gasteiger partial charge is 0.360 e. The van der Waals surface area contributed by atoms with Gasteiger partial charge in [0.1, 0.15) is 0 Å². The Balaban J connectivity index is 1.68. The molecular weight excluding hydrogens is 461 g/mol. The van der Waals surface area contributed by atoms with Gasteiger partial charge in [-0.2, -0.15) is 0 Å². The van der Waals surface area contributed by atoms with Crippen molar-refractivity contribution in [3.8, 4) is 0 Å². The maximum absolute atomic E-state index is 12.9. The highest BCUT2D eigenvalue weighted by Crippen LogP contribution is 2.38. The van der Waals surface area contributed by atoms with Crippen LogP contribution in [0.15, 0.2) is 36.4 Å². The van der Waals surface area contributed by atoms with Gasteiger partial charge in [0.15, 0.2) is 11.3 Å². The third-order valence-corrected chi connectivity index (χ3v) is 6.60. The number of benzene rings is 1. The second kappa shape index (κ2) is 11.0. The zero-order valence-corrected chi connectivity index (χ0v) is 20.0. The number of nitrogens with zero attached hydrogens (tertiary/aromatic N) is 2. The molecule has 1 aromatic rings. The molecule has 1 aromatic carbocycles. The minimum Gasteiger partial charge on any atom is -0.360 e. The molecule has 1 N–H and O–H groups in total. The average Bonchev–Trinajstić information content (AvgIpc) is 3.15. The van der Waals surface area contributed by atoms with Gasteiger partial charge in [-0.05, 0) is 36.7 Å². The number of alkyl halides is 3. The SMILES string of the molecule is O=C(/C=C/c1ccccc1)N1CCN(C(=S)NC2CCCCCCC2)C1C(Cl)(Cl)Cl. The van der Waals surface area contributed by atoms with Crippen molar-refractivity contribution in [2.24, 2.45) is 0 Å². The van der Waals surface area contributed by atoms with E-state index < -0.39 is 9.96 Å². The van der Waals surface area contributed by atoms with Crippen molar-refractivity contribution in [2.75, 3.05) is 13.1 Å². The van der Waals surface area contributed by atoms with E-state index >= 15 is 0 Å². The highest BCUT2D eigenvalue weighted by atomic mass is 35.6. The van der Waals surface area contributed by atoms with Crippen molar-refractivity contribution in [2.45, 2.75) is 60.9 Å². The first-order valence-electron chi connectivity index (χ1n) is 10.5. The molecule has 30 heavy (non-hydrogen) atoms. The summed E-state index contributed by atoms with van der Waals surface area (Å²) in [5.74, 6) is -0.202. The lowest BCUT2D eigenvalue weighted by Crippen LogP contribution is -2.55. The van der Waals surface area contributed by atoms with Crippen molar-refractivity contribution >= 4 is 64.1 Å². The molecule has 1 aliphatic heterocycles. The standard InChI is InChI=1S/C22H28Cl3N3OS/c23-22(24,25)20-27(19(29)14-13-17-9-5-4-6-10-17)15-16-28(20)21(30)26-18-11-7-2-1-3-8-12-18/h4-6,9-10,13-14,18,20H,1-3,7-8,11-12,15-16H2,(H,26,30)/b14-13+. The van der Waals surface area contributed by atoms with E-state index in [9.17, 15) is 4.79 Å². The maximum Gasteiger partial charge on any atom is 0.248 e. The third-order valence-electron chi connectivity index (χ3n) is 5.66. The van der Waals surface area contributed by atoms with Crippen molar-refractivity contribution in [3.63, 3.8) is 0 Å². The minimum absolute atomic E-state index is 0.202. The van der Waals surface area contributed by atoms with Crippen LogP contribution in [0.4, 0.5) is 0 Å². The predicted molar refractivity (Wildman–Crippen MR) is 130 cm³/mol. The van der Waals surface area contributed by atoms with E-state index in [1.807, 2.05) is 35.2 Å². The summed E-state index contributed by atoms with van der Waals surface area (Å²) in [6, 6.07) is 9.97. The van der Waals surface area contributed by atoms with Gasteiger partial charge in [-0.3, -0.25) is 4.79 Å². The van der Waals surface area contributed by atoms with Crippen molar-refractivity contribution in [1.29, 1.82) is 0 Å². The lowest BCUT2D eigenvalue weighted by molar-refractivity contribution is -0.127. The molecule has 164 valence electrons. The third kappa shape index (κ3) is 6.49. The number of carbonyl (C=O) groups is 1. The molecule has 2 aliphatic rings. The Morgan fingerprint density at radius 3 is 2.23 bits per heavy atom. The molecule has 1 unspecified atom stereocenters. The number of amides is 1. The van der Waals surface area contributed by atoms with E-state index in [4.69, 9.17) is 47.0 Å². The first-order valence-corrected chi connectivity index (χ1v) is 12.1. The molecule has 4 nitrogen and oxygen atoms in total. The maximum atomic E-state index is 12.9. The van der Waals surface area contributed by atoms with Crippen molar-refractivity contribution in [1.82, 2.24) is 15.1 Å². The summed E-state index contributed by atoms with van der Waals surface area (Å²) in [6.45, 7) is 0.977. The molecule has 0 aromatic heterocycles. The summed E-state index contributed by atoms with van der Waals surface area (Å²) in [5.41, 5.74) is 0.939. The van der Waals surface area contributed by atoms with Crippen LogP contribution in [0.25, 0.3) is 6.08 Å². The first kappa shape index (κ1) is 23.6. The monoisotopic (exact) mass is 487 g/mol. The Hall–Kier alpha value is -1.01. The zero-order chi connectivity index (χ0) is 21.6. The van der Waals surface area contributed by atoms with Gasteiger partial charge in [-0.15, -0.1) is 0 Å². The Kier molecular flexibility index (Phi) is 8.70. The van der Waals surface area contributed by atoms with E-state index in [2.05, 4.69) is 5.32 Å². The summed E-state index contributed by atoms with van der Waals surface area (Å²) < 4.78 is -1.68. The molecule has 0 radical (unpaired) electrons. The normalized spacial score (nSPS) is 21.5. The number of rotatable bonds is 3. The van der Waals surface area contributed by atoms with E-state index in [1.165, 1.54) is 38.2 Å². The second-order valence-corrected chi connectivity index (χ2v) is 10.6. The van der Waals surface area contributed by atoms with Crippen LogP contribution in [-0.2, 0) is 4.79 Å². The molecule has 1 amide bonds. The van der Waals surface area contributed by atoms with Gasteiger partial charge in [-0.1, -0.05) is 97.2 Å². The predicted octanol–water partition coefficient (Wildman–Crippen LogP) is 5.53. The summed E-state index contributed by atoms with van der Waals surface area (Å²) in [6.07, 6.45) is 11.0. The molecule has 1 saturated heterocycles. The molecule has 2 fully saturated rings. The fraction of sp³-hybridized carbons (Fsp3) is 0.545. The van der Waals surface area contributed by atoms with Gasteiger partial charge in [0.05, 0.1) is 0 Å².